The molecule has 0 aromatic rings. The van der Waals surface area contributed by atoms with Crippen LogP contribution in [0.15, 0.2) is 0 Å². The van der Waals surface area contributed by atoms with Crippen molar-refractivity contribution in [2.75, 3.05) is 26.9 Å². The van der Waals surface area contributed by atoms with E-state index in [1.54, 1.807) is 7.11 Å². The standard InChI is InChI=1S/C10H23NO2/c1-10(2,6-8-12)11-7-4-5-9-13-3/h11-12H,4-9H2,1-3H3. The summed E-state index contributed by atoms with van der Waals surface area (Å²) < 4.78 is 4.95. The van der Waals surface area contributed by atoms with Crippen molar-refractivity contribution in [3.8, 4) is 0 Å². The number of hydrogen-bond acceptors (Lipinski definition) is 3. The second-order valence-electron chi connectivity index (χ2n) is 3.98. The molecule has 3 nitrogen and oxygen atoms in total. The van der Waals surface area contributed by atoms with E-state index < -0.39 is 0 Å². The van der Waals surface area contributed by atoms with Crippen molar-refractivity contribution in [1.29, 1.82) is 0 Å². The van der Waals surface area contributed by atoms with Crippen LogP contribution in [-0.2, 0) is 4.74 Å². The van der Waals surface area contributed by atoms with Crippen LogP contribution < -0.4 is 5.32 Å². The highest BCUT2D eigenvalue weighted by molar-refractivity contribution is 4.76. The summed E-state index contributed by atoms with van der Waals surface area (Å²) in [7, 11) is 1.73. The van der Waals surface area contributed by atoms with Gasteiger partial charge in [0.05, 0.1) is 0 Å². The van der Waals surface area contributed by atoms with Crippen LogP contribution in [0.2, 0.25) is 0 Å². The van der Waals surface area contributed by atoms with Gasteiger partial charge in [-0.05, 0) is 39.7 Å². The van der Waals surface area contributed by atoms with Crippen molar-refractivity contribution < 1.29 is 9.84 Å². The fourth-order valence-electron chi connectivity index (χ4n) is 1.17. The molecule has 80 valence electrons. The number of rotatable bonds is 8. The first-order valence-electron chi connectivity index (χ1n) is 4.97. The van der Waals surface area contributed by atoms with E-state index in [1.165, 1.54) is 0 Å². The number of aliphatic hydroxyl groups is 1. The first kappa shape index (κ1) is 12.9. The third kappa shape index (κ3) is 8.22. The zero-order valence-electron chi connectivity index (χ0n) is 9.10. The molecule has 0 atom stereocenters. The molecule has 0 bridgehead atoms. The minimum absolute atomic E-state index is 0.0574. The van der Waals surface area contributed by atoms with Crippen molar-refractivity contribution in [1.82, 2.24) is 5.32 Å². The summed E-state index contributed by atoms with van der Waals surface area (Å²) in [5, 5.41) is 12.2. The van der Waals surface area contributed by atoms with Crippen LogP contribution in [0.5, 0.6) is 0 Å². The molecule has 2 N–H and O–H groups in total. The maximum absolute atomic E-state index is 8.78. The molecule has 0 saturated carbocycles. The van der Waals surface area contributed by atoms with Gasteiger partial charge >= 0.3 is 0 Å². The second-order valence-corrected chi connectivity index (χ2v) is 3.98. The molecule has 0 saturated heterocycles. The lowest BCUT2D eigenvalue weighted by Gasteiger charge is -2.25. The fourth-order valence-corrected chi connectivity index (χ4v) is 1.17. The molecule has 0 amide bonds. The normalized spacial score (nSPS) is 12.0. The van der Waals surface area contributed by atoms with Gasteiger partial charge in [0.1, 0.15) is 0 Å². The highest BCUT2D eigenvalue weighted by Gasteiger charge is 2.14. The average Bonchev–Trinajstić information content (AvgIpc) is 2.04. The summed E-state index contributed by atoms with van der Waals surface area (Å²) in [5.74, 6) is 0. The van der Waals surface area contributed by atoms with E-state index in [2.05, 4.69) is 19.2 Å². The van der Waals surface area contributed by atoms with Crippen LogP contribution in [0.3, 0.4) is 0 Å². The van der Waals surface area contributed by atoms with Crippen molar-refractivity contribution in [3.63, 3.8) is 0 Å². The van der Waals surface area contributed by atoms with Gasteiger partial charge < -0.3 is 15.2 Å². The molecule has 0 aromatic carbocycles. The van der Waals surface area contributed by atoms with E-state index in [1.807, 2.05) is 0 Å². The van der Waals surface area contributed by atoms with Crippen LogP contribution in [0.25, 0.3) is 0 Å². The predicted molar refractivity (Wildman–Crippen MR) is 54.9 cm³/mol. The Morgan fingerprint density at radius 3 is 2.54 bits per heavy atom. The molecule has 0 aromatic heterocycles. The van der Waals surface area contributed by atoms with E-state index in [0.29, 0.717) is 0 Å². The molecule has 0 radical (unpaired) electrons. The SMILES string of the molecule is COCCCCNC(C)(C)CCO. The molecule has 0 aliphatic carbocycles. The molecule has 13 heavy (non-hydrogen) atoms. The number of nitrogens with one attached hydrogen (secondary N) is 1. The Hall–Kier alpha value is -0.120. The number of hydrogen-bond donors (Lipinski definition) is 2. The molecule has 0 spiro atoms. The third-order valence-corrected chi connectivity index (χ3v) is 2.12. The van der Waals surface area contributed by atoms with Crippen LogP contribution in [0.1, 0.15) is 33.1 Å². The van der Waals surface area contributed by atoms with Gasteiger partial charge in [0.25, 0.3) is 0 Å². The molecular weight excluding hydrogens is 166 g/mol. The van der Waals surface area contributed by atoms with Crippen LogP contribution in [0.4, 0.5) is 0 Å². The Kier molecular flexibility index (Phi) is 7.23. The van der Waals surface area contributed by atoms with Gasteiger partial charge in [0, 0.05) is 25.9 Å². The fraction of sp³-hybridized carbons (Fsp3) is 1.00. The molecule has 0 heterocycles. The number of ether oxygens (including phenoxy) is 1. The number of methoxy groups -OCH3 is 1. The highest BCUT2D eigenvalue weighted by atomic mass is 16.5. The predicted octanol–water partition coefficient (Wildman–Crippen LogP) is 1.16. The van der Waals surface area contributed by atoms with Gasteiger partial charge in [-0.1, -0.05) is 0 Å². The zero-order chi connectivity index (χ0) is 10.2. The monoisotopic (exact) mass is 189 g/mol. The zero-order valence-corrected chi connectivity index (χ0v) is 9.10. The minimum Gasteiger partial charge on any atom is -0.396 e. The maximum atomic E-state index is 8.78. The van der Waals surface area contributed by atoms with Gasteiger partial charge in [-0.15, -0.1) is 0 Å². The summed E-state index contributed by atoms with van der Waals surface area (Å²) in [6.07, 6.45) is 3.03. The van der Waals surface area contributed by atoms with Crippen molar-refractivity contribution in [2.45, 2.75) is 38.6 Å². The van der Waals surface area contributed by atoms with Crippen LogP contribution in [0, 0.1) is 0 Å². The van der Waals surface area contributed by atoms with Gasteiger partial charge in [0.2, 0.25) is 0 Å². The topological polar surface area (TPSA) is 41.5 Å². The minimum atomic E-state index is 0.0574. The molecule has 0 aliphatic heterocycles. The Balaban J connectivity index is 3.29. The van der Waals surface area contributed by atoms with Crippen molar-refractivity contribution >= 4 is 0 Å². The lowest BCUT2D eigenvalue weighted by Crippen LogP contribution is -2.40. The van der Waals surface area contributed by atoms with E-state index in [0.717, 1.165) is 32.4 Å². The average molecular weight is 189 g/mol. The van der Waals surface area contributed by atoms with Gasteiger partial charge in [0.15, 0.2) is 0 Å². The molecular formula is C10H23NO2. The third-order valence-electron chi connectivity index (χ3n) is 2.12. The summed E-state index contributed by atoms with van der Waals surface area (Å²) >= 11 is 0. The lowest BCUT2D eigenvalue weighted by molar-refractivity contribution is 0.189. The second kappa shape index (κ2) is 7.30. The first-order valence-corrected chi connectivity index (χ1v) is 4.97. The lowest BCUT2D eigenvalue weighted by atomic mass is 10.0. The van der Waals surface area contributed by atoms with Crippen LogP contribution >= 0.6 is 0 Å². The smallest absolute Gasteiger partial charge is 0.0462 e. The summed E-state index contributed by atoms with van der Waals surface area (Å²) in [6, 6.07) is 0. The summed E-state index contributed by atoms with van der Waals surface area (Å²) in [6.45, 7) is 6.30. The number of unbranched alkanes of at least 4 members (excludes halogenated alkanes) is 1. The largest absolute Gasteiger partial charge is 0.396 e. The van der Waals surface area contributed by atoms with Gasteiger partial charge in [-0.3, -0.25) is 0 Å². The van der Waals surface area contributed by atoms with E-state index >= 15 is 0 Å². The maximum Gasteiger partial charge on any atom is 0.0462 e. The van der Waals surface area contributed by atoms with Gasteiger partial charge in [-0.25, -0.2) is 0 Å². The van der Waals surface area contributed by atoms with E-state index in [-0.39, 0.29) is 12.1 Å². The number of aliphatic hydroxyl groups excluding tert-OH is 1. The summed E-state index contributed by atoms with van der Waals surface area (Å²) in [4.78, 5) is 0. The van der Waals surface area contributed by atoms with E-state index in [9.17, 15) is 0 Å². The summed E-state index contributed by atoms with van der Waals surface area (Å²) in [5.41, 5.74) is 0.0574. The molecule has 3 heteroatoms. The molecule has 0 unspecified atom stereocenters. The van der Waals surface area contributed by atoms with Gasteiger partial charge in [-0.2, -0.15) is 0 Å². The Morgan fingerprint density at radius 1 is 1.31 bits per heavy atom. The first-order chi connectivity index (χ1) is 6.12. The Morgan fingerprint density at radius 2 is 2.00 bits per heavy atom. The van der Waals surface area contributed by atoms with Crippen molar-refractivity contribution in [2.24, 2.45) is 0 Å². The highest BCUT2D eigenvalue weighted by Crippen LogP contribution is 2.06. The quantitative estimate of drug-likeness (QED) is 0.563. The molecule has 0 rings (SSSR count). The Bertz CT molecular complexity index is 115. The molecule has 0 fully saturated rings. The van der Waals surface area contributed by atoms with E-state index in [4.69, 9.17) is 9.84 Å². The van der Waals surface area contributed by atoms with Crippen molar-refractivity contribution in [3.05, 3.63) is 0 Å². The Labute approximate surface area is 81.5 Å². The van der Waals surface area contributed by atoms with Crippen LogP contribution in [-0.4, -0.2) is 37.5 Å². The molecule has 0 aliphatic rings.